The quantitative estimate of drug-likeness (QED) is 0.788. The van der Waals surface area contributed by atoms with Gasteiger partial charge in [0.25, 0.3) is 0 Å². The predicted octanol–water partition coefficient (Wildman–Crippen LogP) is 3.05. The first-order chi connectivity index (χ1) is 9.06. The number of fused-ring (bicyclic) bond motifs is 1. The predicted molar refractivity (Wildman–Crippen MR) is 73.8 cm³/mol. The summed E-state index contributed by atoms with van der Waals surface area (Å²) in [6.45, 7) is 0. The second-order valence-corrected chi connectivity index (χ2v) is 5.68. The summed E-state index contributed by atoms with van der Waals surface area (Å²) >= 11 is 7.26. The average Bonchev–Trinajstić information content (AvgIpc) is 2.95. The highest BCUT2D eigenvalue weighted by Crippen LogP contribution is 2.32. The lowest BCUT2D eigenvalue weighted by molar-refractivity contribution is 0.0699. The molecule has 0 saturated carbocycles. The van der Waals surface area contributed by atoms with E-state index in [1.165, 1.54) is 17.5 Å². The molecule has 0 atom stereocenters. The van der Waals surface area contributed by atoms with Crippen LogP contribution in [0.25, 0.3) is 21.6 Å². The van der Waals surface area contributed by atoms with Crippen LogP contribution in [0.4, 0.5) is 0 Å². The van der Waals surface area contributed by atoms with Crippen molar-refractivity contribution >= 4 is 39.9 Å². The highest BCUT2D eigenvalue weighted by molar-refractivity contribution is 7.19. The van der Waals surface area contributed by atoms with Crippen molar-refractivity contribution in [1.29, 1.82) is 0 Å². The molecule has 0 amide bonds. The number of nitrogens with zero attached hydrogens (tertiary/aromatic N) is 3. The first-order valence-corrected chi connectivity index (χ1v) is 6.57. The van der Waals surface area contributed by atoms with Gasteiger partial charge < -0.3 is 5.11 Å². The molecule has 0 aliphatic carbocycles. The SMILES string of the molecule is Cn1ncc2c(C(=O)O)cc(-c3ccc(Cl)s3)nc21. The van der Waals surface area contributed by atoms with Crippen LogP contribution < -0.4 is 0 Å². The van der Waals surface area contributed by atoms with Crippen LogP contribution in [0.15, 0.2) is 24.4 Å². The van der Waals surface area contributed by atoms with Gasteiger partial charge in [-0.1, -0.05) is 11.6 Å². The topological polar surface area (TPSA) is 68.0 Å². The number of thiophene rings is 1. The third-order valence-corrected chi connectivity index (χ3v) is 4.01. The van der Waals surface area contributed by atoms with E-state index in [4.69, 9.17) is 11.6 Å². The van der Waals surface area contributed by atoms with Crippen molar-refractivity contribution in [2.45, 2.75) is 0 Å². The monoisotopic (exact) mass is 293 g/mol. The lowest BCUT2D eigenvalue weighted by Gasteiger charge is -2.02. The van der Waals surface area contributed by atoms with Crippen LogP contribution in [-0.2, 0) is 7.05 Å². The van der Waals surface area contributed by atoms with Gasteiger partial charge in [0.2, 0.25) is 0 Å². The van der Waals surface area contributed by atoms with Gasteiger partial charge in [0, 0.05) is 7.05 Å². The van der Waals surface area contributed by atoms with Crippen LogP contribution in [0.5, 0.6) is 0 Å². The van der Waals surface area contributed by atoms with Crippen LogP contribution in [0, 0.1) is 0 Å². The molecule has 3 heterocycles. The molecule has 0 fully saturated rings. The summed E-state index contributed by atoms with van der Waals surface area (Å²) in [6, 6.07) is 5.13. The molecule has 0 saturated heterocycles. The number of carboxylic acids is 1. The number of carbonyl (C=O) groups is 1. The Labute approximate surface area is 117 Å². The van der Waals surface area contributed by atoms with Gasteiger partial charge in [-0.05, 0) is 18.2 Å². The Morgan fingerprint density at radius 1 is 1.47 bits per heavy atom. The number of hydrogen-bond acceptors (Lipinski definition) is 4. The average molecular weight is 294 g/mol. The number of halogens is 1. The molecule has 0 aliphatic rings. The maximum absolute atomic E-state index is 11.3. The van der Waals surface area contributed by atoms with E-state index in [1.807, 2.05) is 6.07 Å². The molecule has 1 N–H and O–H groups in total. The molecule has 0 unspecified atom stereocenters. The summed E-state index contributed by atoms with van der Waals surface area (Å²) < 4.78 is 2.19. The van der Waals surface area contributed by atoms with Crippen molar-refractivity contribution in [2.75, 3.05) is 0 Å². The van der Waals surface area contributed by atoms with Crippen molar-refractivity contribution in [3.63, 3.8) is 0 Å². The Morgan fingerprint density at radius 2 is 2.26 bits per heavy atom. The molecule has 19 heavy (non-hydrogen) atoms. The second kappa shape index (κ2) is 4.32. The Kier molecular flexibility index (Phi) is 2.76. The van der Waals surface area contributed by atoms with E-state index in [9.17, 15) is 9.90 Å². The summed E-state index contributed by atoms with van der Waals surface area (Å²) in [5, 5.41) is 13.9. The summed E-state index contributed by atoms with van der Waals surface area (Å²) in [7, 11) is 1.73. The molecule has 3 rings (SSSR count). The van der Waals surface area contributed by atoms with Crippen LogP contribution >= 0.6 is 22.9 Å². The Hall–Kier alpha value is -1.92. The highest BCUT2D eigenvalue weighted by atomic mass is 35.5. The molecule has 96 valence electrons. The van der Waals surface area contributed by atoms with E-state index in [0.29, 0.717) is 21.1 Å². The van der Waals surface area contributed by atoms with Gasteiger partial charge in [-0.3, -0.25) is 4.68 Å². The standard InChI is InChI=1S/C12H8ClN3O2S/c1-16-11-7(5-14-16)6(12(17)18)4-8(15-11)9-2-3-10(13)19-9/h2-5H,1H3,(H,17,18). The number of aryl methyl sites for hydroxylation is 1. The smallest absolute Gasteiger partial charge is 0.336 e. The lowest BCUT2D eigenvalue weighted by atomic mass is 10.1. The van der Waals surface area contributed by atoms with Gasteiger partial charge in [0.05, 0.1) is 32.1 Å². The molecule has 5 nitrogen and oxygen atoms in total. The fourth-order valence-electron chi connectivity index (χ4n) is 1.87. The molecular formula is C12H8ClN3O2S. The molecule has 0 bridgehead atoms. The highest BCUT2D eigenvalue weighted by Gasteiger charge is 2.16. The lowest BCUT2D eigenvalue weighted by Crippen LogP contribution is -2.00. The van der Waals surface area contributed by atoms with E-state index in [1.54, 1.807) is 23.9 Å². The fraction of sp³-hybridized carbons (Fsp3) is 0.0833. The number of pyridine rings is 1. The Morgan fingerprint density at radius 3 is 2.89 bits per heavy atom. The Bertz CT molecular complexity index is 793. The van der Waals surface area contributed by atoms with Gasteiger partial charge in [0.1, 0.15) is 0 Å². The number of hydrogen-bond donors (Lipinski definition) is 1. The van der Waals surface area contributed by atoms with E-state index >= 15 is 0 Å². The largest absolute Gasteiger partial charge is 0.478 e. The summed E-state index contributed by atoms with van der Waals surface area (Å²) in [6.07, 6.45) is 1.51. The van der Waals surface area contributed by atoms with Crippen molar-refractivity contribution in [1.82, 2.24) is 14.8 Å². The van der Waals surface area contributed by atoms with E-state index in [-0.39, 0.29) is 5.56 Å². The van der Waals surface area contributed by atoms with Crippen LogP contribution in [-0.4, -0.2) is 25.8 Å². The van der Waals surface area contributed by atoms with E-state index in [2.05, 4.69) is 10.1 Å². The van der Waals surface area contributed by atoms with Gasteiger partial charge in [-0.2, -0.15) is 5.10 Å². The van der Waals surface area contributed by atoms with E-state index in [0.717, 1.165) is 4.88 Å². The number of carboxylic acid groups (broad SMARTS) is 1. The van der Waals surface area contributed by atoms with Crippen LogP contribution in [0.1, 0.15) is 10.4 Å². The fourth-order valence-corrected chi connectivity index (χ4v) is 2.87. The minimum atomic E-state index is -0.996. The van der Waals surface area contributed by atoms with Crippen LogP contribution in [0.3, 0.4) is 0 Å². The molecule has 0 aromatic carbocycles. The zero-order valence-corrected chi connectivity index (χ0v) is 11.4. The minimum Gasteiger partial charge on any atom is -0.478 e. The van der Waals surface area contributed by atoms with Gasteiger partial charge >= 0.3 is 5.97 Å². The minimum absolute atomic E-state index is 0.192. The van der Waals surface area contributed by atoms with Gasteiger partial charge in [0.15, 0.2) is 5.65 Å². The van der Waals surface area contributed by atoms with Crippen molar-refractivity contribution in [2.24, 2.45) is 7.05 Å². The van der Waals surface area contributed by atoms with E-state index < -0.39 is 5.97 Å². The third kappa shape index (κ3) is 1.98. The first-order valence-electron chi connectivity index (χ1n) is 5.38. The maximum Gasteiger partial charge on any atom is 0.336 e. The molecule has 3 aromatic heterocycles. The molecule has 7 heteroatoms. The normalized spacial score (nSPS) is 11.1. The number of aromatic carboxylic acids is 1. The van der Waals surface area contributed by atoms with Crippen molar-refractivity contribution in [3.05, 3.63) is 34.3 Å². The summed E-state index contributed by atoms with van der Waals surface area (Å²) in [5.41, 5.74) is 1.32. The maximum atomic E-state index is 11.3. The third-order valence-electron chi connectivity index (χ3n) is 2.76. The zero-order valence-electron chi connectivity index (χ0n) is 9.79. The molecule has 0 radical (unpaired) electrons. The number of aromatic nitrogens is 3. The summed E-state index contributed by atoms with van der Waals surface area (Å²) in [5.74, 6) is -0.996. The Balaban J connectivity index is 2.32. The van der Waals surface area contributed by atoms with Gasteiger partial charge in [-0.25, -0.2) is 9.78 Å². The number of rotatable bonds is 2. The molecular weight excluding hydrogens is 286 g/mol. The molecule has 0 spiro atoms. The summed E-state index contributed by atoms with van der Waals surface area (Å²) in [4.78, 5) is 16.6. The second-order valence-electron chi connectivity index (χ2n) is 3.97. The molecule has 3 aromatic rings. The van der Waals surface area contributed by atoms with Crippen LogP contribution in [0.2, 0.25) is 4.34 Å². The first kappa shape index (κ1) is 12.1. The molecule has 0 aliphatic heterocycles. The zero-order chi connectivity index (χ0) is 13.6. The van der Waals surface area contributed by atoms with Crippen molar-refractivity contribution < 1.29 is 9.90 Å². The van der Waals surface area contributed by atoms with Crippen molar-refractivity contribution in [3.8, 4) is 10.6 Å². The van der Waals surface area contributed by atoms with Gasteiger partial charge in [-0.15, -0.1) is 11.3 Å².